The molecule has 0 atom stereocenters. The van der Waals surface area contributed by atoms with Crippen LogP contribution >= 0.6 is 11.3 Å². The fourth-order valence-corrected chi connectivity index (χ4v) is 2.49. The van der Waals surface area contributed by atoms with Crippen molar-refractivity contribution in [3.8, 4) is 5.75 Å². The summed E-state index contributed by atoms with van der Waals surface area (Å²) in [6.07, 6.45) is 1.75. The van der Waals surface area contributed by atoms with E-state index in [1.165, 1.54) is 4.88 Å². The van der Waals surface area contributed by atoms with Crippen molar-refractivity contribution >= 4 is 11.3 Å². The molecule has 0 bridgehead atoms. The lowest BCUT2D eigenvalue weighted by Crippen LogP contribution is -2.13. The summed E-state index contributed by atoms with van der Waals surface area (Å²) < 4.78 is 5.63. The number of aromatic nitrogens is 1. The first-order chi connectivity index (χ1) is 9.31. The van der Waals surface area contributed by atoms with Gasteiger partial charge in [-0.25, -0.2) is 4.98 Å². The molecular formula is C15H18N2OS. The van der Waals surface area contributed by atoms with E-state index in [0.717, 1.165) is 30.1 Å². The molecule has 0 unspecified atom stereocenters. The van der Waals surface area contributed by atoms with Crippen LogP contribution in [0.5, 0.6) is 5.75 Å². The Hall–Kier alpha value is -1.65. The Labute approximate surface area is 118 Å². The Kier molecular flexibility index (Phi) is 5.12. The van der Waals surface area contributed by atoms with Crippen LogP contribution in [0.15, 0.2) is 42.4 Å². The molecule has 1 aromatic heterocycles. The third kappa shape index (κ3) is 3.91. The number of para-hydroxylation sites is 1. The predicted octanol–water partition coefficient (Wildman–Crippen LogP) is 3.31. The van der Waals surface area contributed by atoms with E-state index in [4.69, 9.17) is 4.74 Å². The predicted molar refractivity (Wildman–Crippen MR) is 79.5 cm³/mol. The molecule has 0 amide bonds. The van der Waals surface area contributed by atoms with Gasteiger partial charge >= 0.3 is 0 Å². The highest BCUT2D eigenvalue weighted by Gasteiger charge is 2.04. The largest absolute Gasteiger partial charge is 0.489 e. The second kappa shape index (κ2) is 7.07. The van der Waals surface area contributed by atoms with E-state index in [-0.39, 0.29) is 0 Å². The number of hydrogen-bond acceptors (Lipinski definition) is 4. The summed E-state index contributed by atoms with van der Waals surface area (Å²) in [4.78, 5) is 5.53. The molecule has 0 aliphatic carbocycles. The zero-order valence-electron chi connectivity index (χ0n) is 11.1. The molecule has 0 aliphatic rings. The second-order valence-electron chi connectivity index (χ2n) is 4.17. The van der Waals surface area contributed by atoms with Gasteiger partial charge in [-0.2, -0.15) is 0 Å². The Morgan fingerprint density at radius 2 is 2.21 bits per heavy atom. The van der Waals surface area contributed by atoms with Crippen molar-refractivity contribution in [2.75, 3.05) is 6.61 Å². The van der Waals surface area contributed by atoms with Crippen molar-refractivity contribution in [2.45, 2.75) is 20.0 Å². The number of nitrogens with zero attached hydrogens (tertiary/aromatic N) is 1. The summed E-state index contributed by atoms with van der Waals surface area (Å²) in [5, 5.41) is 3.43. The van der Waals surface area contributed by atoms with Crippen molar-refractivity contribution in [1.82, 2.24) is 10.3 Å². The van der Waals surface area contributed by atoms with E-state index in [2.05, 4.69) is 22.9 Å². The summed E-state index contributed by atoms with van der Waals surface area (Å²) in [7, 11) is 0. The molecule has 1 N–H and O–H groups in total. The summed E-state index contributed by atoms with van der Waals surface area (Å²) in [5.74, 6) is 0.913. The van der Waals surface area contributed by atoms with E-state index >= 15 is 0 Å². The Morgan fingerprint density at radius 1 is 1.37 bits per heavy atom. The Bertz CT molecular complexity index is 536. The molecule has 0 saturated heterocycles. The molecule has 2 rings (SSSR count). The lowest BCUT2D eigenvalue weighted by molar-refractivity contribution is 0.358. The van der Waals surface area contributed by atoms with Crippen LogP contribution in [-0.2, 0) is 13.1 Å². The number of ether oxygens (including phenoxy) is 1. The van der Waals surface area contributed by atoms with E-state index in [9.17, 15) is 0 Å². The number of benzene rings is 1. The fraction of sp³-hybridized carbons (Fsp3) is 0.267. The molecule has 0 fully saturated rings. The first-order valence-corrected chi connectivity index (χ1v) is 7.10. The minimum absolute atomic E-state index is 0.533. The van der Waals surface area contributed by atoms with Crippen molar-refractivity contribution in [1.29, 1.82) is 0 Å². The molecule has 100 valence electrons. The van der Waals surface area contributed by atoms with Crippen molar-refractivity contribution < 1.29 is 4.74 Å². The van der Waals surface area contributed by atoms with Gasteiger partial charge in [-0.15, -0.1) is 11.3 Å². The summed E-state index contributed by atoms with van der Waals surface area (Å²) in [5.41, 5.74) is 4.15. The third-order valence-corrected chi connectivity index (χ3v) is 3.71. The summed E-state index contributed by atoms with van der Waals surface area (Å²) in [6, 6.07) is 8.06. The first kappa shape index (κ1) is 13.8. The van der Waals surface area contributed by atoms with Crippen LogP contribution < -0.4 is 10.1 Å². The average Bonchev–Trinajstić information content (AvgIpc) is 2.83. The fourth-order valence-electron chi connectivity index (χ4n) is 1.75. The maximum absolute atomic E-state index is 5.63. The van der Waals surface area contributed by atoms with Crippen LogP contribution in [0.2, 0.25) is 0 Å². The van der Waals surface area contributed by atoms with Crippen molar-refractivity contribution in [2.24, 2.45) is 0 Å². The SMILES string of the molecule is C=CCOc1ccccc1CNCc1scnc1C. The van der Waals surface area contributed by atoms with Crippen LogP contribution in [0.3, 0.4) is 0 Å². The van der Waals surface area contributed by atoms with Gasteiger partial charge in [0.1, 0.15) is 12.4 Å². The third-order valence-electron chi connectivity index (χ3n) is 2.78. The highest BCUT2D eigenvalue weighted by Crippen LogP contribution is 2.18. The van der Waals surface area contributed by atoms with E-state index in [0.29, 0.717) is 6.61 Å². The number of thiazole rings is 1. The average molecular weight is 274 g/mol. The van der Waals surface area contributed by atoms with Gasteiger partial charge in [0.15, 0.2) is 0 Å². The maximum Gasteiger partial charge on any atom is 0.124 e. The van der Waals surface area contributed by atoms with Gasteiger partial charge in [0.25, 0.3) is 0 Å². The number of rotatable bonds is 7. The monoisotopic (exact) mass is 274 g/mol. The molecule has 3 nitrogen and oxygen atoms in total. The smallest absolute Gasteiger partial charge is 0.124 e. The van der Waals surface area contributed by atoms with Crippen molar-refractivity contribution in [3.63, 3.8) is 0 Å². The standard InChI is InChI=1S/C15H18N2OS/c1-3-8-18-14-7-5-4-6-13(14)9-16-10-15-12(2)17-11-19-15/h3-7,11,16H,1,8-10H2,2H3. The molecule has 0 spiro atoms. The molecule has 2 aromatic rings. The second-order valence-corrected chi connectivity index (χ2v) is 5.11. The molecule has 0 radical (unpaired) electrons. The summed E-state index contributed by atoms with van der Waals surface area (Å²) >= 11 is 1.68. The van der Waals surface area contributed by atoms with E-state index < -0.39 is 0 Å². The zero-order valence-corrected chi connectivity index (χ0v) is 11.9. The molecule has 1 heterocycles. The van der Waals surface area contributed by atoms with Gasteiger partial charge in [-0.05, 0) is 13.0 Å². The number of hydrogen-bond donors (Lipinski definition) is 1. The van der Waals surface area contributed by atoms with Crippen LogP contribution in [-0.4, -0.2) is 11.6 Å². The van der Waals surface area contributed by atoms with Gasteiger partial charge in [0.05, 0.1) is 11.2 Å². The molecule has 19 heavy (non-hydrogen) atoms. The molecule has 1 aromatic carbocycles. The Balaban J connectivity index is 1.92. The molecule has 4 heteroatoms. The van der Waals surface area contributed by atoms with Crippen LogP contribution in [0.4, 0.5) is 0 Å². The van der Waals surface area contributed by atoms with Gasteiger partial charge in [0.2, 0.25) is 0 Å². The van der Waals surface area contributed by atoms with Crippen LogP contribution in [0.25, 0.3) is 0 Å². The number of nitrogens with one attached hydrogen (secondary N) is 1. The lowest BCUT2D eigenvalue weighted by Gasteiger charge is -2.10. The normalized spacial score (nSPS) is 10.4. The zero-order chi connectivity index (χ0) is 13.5. The molecule has 0 saturated carbocycles. The van der Waals surface area contributed by atoms with Gasteiger partial charge in [-0.1, -0.05) is 30.9 Å². The molecular weight excluding hydrogens is 256 g/mol. The van der Waals surface area contributed by atoms with Gasteiger partial charge < -0.3 is 10.1 Å². The quantitative estimate of drug-likeness (QED) is 0.787. The lowest BCUT2D eigenvalue weighted by atomic mass is 10.2. The van der Waals surface area contributed by atoms with Gasteiger partial charge in [0, 0.05) is 23.5 Å². The van der Waals surface area contributed by atoms with Crippen molar-refractivity contribution in [3.05, 3.63) is 58.6 Å². The minimum Gasteiger partial charge on any atom is -0.489 e. The topological polar surface area (TPSA) is 34.1 Å². The maximum atomic E-state index is 5.63. The van der Waals surface area contributed by atoms with Crippen LogP contribution in [0.1, 0.15) is 16.1 Å². The van der Waals surface area contributed by atoms with Crippen LogP contribution in [0, 0.1) is 6.92 Å². The highest BCUT2D eigenvalue weighted by molar-refractivity contribution is 7.09. The first-order valence-electron chi connectivity index (χ1n) is 6.22. The molecule has 0 aliphatic heterocycles. The highest BCUT2D eigenvalue weighted by atomic mass is 32.1. The Morgan fingerprint density at radius 3 is 2.95 bits per heavy atom. The van der Waals surface area contributed by atoms with Gasteiger partial charge in [-0.3, -0.25) is 0 Å². The minimum atomic E-state index is 0.533. The van der Waals surface area contributed by atoms with E-state index in [1.807, 2.05) is 30.6 Å². The number of aryl methyl sites for hydroxylation is 1. The van der Waals surface area contributed by atoms with E-state index in [1.54, 1.807) is 17.4 Å². The summed E-state index contributed by atoms with van der Waals surface area (Å²) in [6.45, 7) is 7.86.